The molecule has 1 saturated heterocycles. The molecule has 2 aromatic carbocycles. The van der Waals surface area contributed by atoms with Crippen molar-refractivity contribution in [2.24, 2.45) is 0 Å². The number of Topliss-reactive ketones (excluding diaryl/α,β-unsaturated/α-hetero) is 1. The Kier molecular flexibility index (Phi) is 7.76. The highest BCUT2D eigenvalue weighted by atomic mass is 16.5. The van der Waals surface area contributed by atoms with Gasteiger partial charge in [-0.25, -0.2) is 0 Å². The van der Waals surface area contributed by atoms with Crippen molar-refractivity contribution in [3.63, 3.8) is 0 Å². The van der Waals surface area contributed by atoms with Gasteiger partial charge in [0.2, 0.25) is 0 Å². The van der Waals surface area contributed by atoms with Crippen LogP contribution in [0.1, 0.15) is 43.0 Å². The second-order valence-electron chi connectivity index (χ2n) is 8.23. The Morgan fingerprint density at radius 3 is 2.45 bits per heavy atom. The van der Waals surface area contributed by atoms with Gasteiger partial charge >= 0.3 is 0 Å². The first-order chi connectivity index (χ1) is 15.8. The minimum atomic E-state index is -0.773. The summed E-state index contributed by atoms with van der Waals surface area (Å²) >= 11 is 0. The molecule has 7 nitrogen and oxygen atoms in total. The highest BCUT2D eigenvalue weighted by molar-refractivity contribution is 6.46. The van der Waals surface area contributed by atoms with E-state index in [1.54, 1.807) is 37.4 Å². The van der Waals surface area contributed by atoms with Crippen LogP contribution < -0.4 is 9.47 Å². The van der Waals surface area contributed by atoms with Gasteiger partial charge in [0.25, 0.3) is 11.7 Å². The van der Waals surface area contributed by atoms with Gasteiger partial charge in [-0.3, -0.25) is 9.59 Å². The molecule has 0 aromatic heterocycles. The zero-order chi connectivity index (χ0) is 24.1. The summed E-state index contributed by atoms with van der Waals surface area (Å²) in [5.74, 6) is -0.370. The number of carbonyl (C=O) groups excluding carboxylic acids is 2. The minimum Gasteiger partial charge on any atom is -0.507 e. The Hall–Kier alpha value is -3.32. The van der Waals surface area contributed by atoms with E-state index in [0.717, 1.165) is 5.56 Å². The first kappa shape index (κ1) is 24.3. The highest BCUT2D eigenvalue weighted by Crippen LogP contribution is 2.43. The summed E-state index contributed by atoms with van der Waals surface area (Å²) in [4.78, 5) is 27.6. The molecule has 0 aliphatic carbocycles. The number of aliphatic hydroxyl groups excluding tert-OH is 1. The number of aryl methyl sites for hydroxylation is 1. The van der Waals surface area contributed by atoms with Gasteiger partial charge in [0.05, 0.1) is 24.8 Å². The highest BCUT2D eigenvalue weighted by Gasteiger charge is 2.46. The Morgan fingerprint density at radius 2 is 1.82 bits per heavy atom. The molecule has 1 amide bonds. The number of para-hydroxylation sites is 1. The fourth-order valence-corrected chi connectivity index (χ4v) is 4.04. The molecule has 7 heteroatoms. The van der Waals surface area contributed by atoms with Crippen molar-refractivity contribution in [1.82, 2.24) is 4.90 Å². The summed E-state index contributed by atoms with van der Waals surface area (Å²) in [6.07, 6.45) is 0.557. The van der Waals surface area contributed by atoms with Crippen molar-refractivity contribution in [1.29, 1.82) is 0 Å². The molecule has 1 unspecified atom stereocenters. The monoisotopic (exact) mass is 453 g/mol. The van der Waals surface area contributed by atoms with Gasteiger partial charge in [0, 0.05) is 31.4 Å². The van der Waals surface area contributed by atoms with E-state index >= 15 is 0 Å². The van der Waals surface area contributed by atoms with Crippen LogP contribution in [0.4, 0.5) is 0 Å². The van der Waals surface area contributed by atoms with E-state index in [2.05, 4.69) is 0 Å². The molecule has 0 bridgehead atoms. The summed E-state index contributed by atoms with van der Waals surface area (Å²) in [5, 5.41) is 11.3. The van der Waals surface area contributed by atoms with Gasteiger partial charge in [-0.15, -0.1) is 0 Å². The molecule has 0 spiro atoms. The van der Waals surface area contributed by atoms with Crippen molar-refractivity contribution >= 4 is 17.4 Å². The molecular weight excluding hydrogens is 422 g/mol. The van der Waals surface area contributed by atoms with Crippen LogP contribution in [0.2, 0.25) is 0 Å². The van der Waals surface area contributed by atoms with Crippen LogP contribution in [0.25, 0.3) is 5.76 Å². The van der Waals surface area contributed by atoms with Gasteiger partial charge in [-0.1, -0.05) is 18.2 Å². The third kappa shape index (κ3) is 5.03. The van der Waals surface area contributed by atoms with Crippen LogP contribution >= 0.6 is 0 Å². The second-order valence-corrected chi connectivity index (χ2v) is 8.23. The van der Waals surface area contributed by atoms with E-state index in [0.29, 0.717) is 42.2 Å². The maximum Gasteiger partial charge on any atom is 0.295 e. The lowest BCUT2D eigenvalue weighted by molar-refractivity contribution is -0.140. The topological polar surface area (TPSA) is 85.3 Å². The van der Waals surface area contributed by atoms with Crippen molar-refractivity contribution in [2.45, 2.75) is 39.3 Å². The summed E-state index contributed by atoms with van der Waals surface area (Å²) < 4.78 is 16.4. The number of ketones is 1. The number of hydrogen-bond acceptors (Lipinski definition) is 6. The molecule has 1 aliphatic rings. The van der Waals surface area contributed by atoms with E-state index in [1.165, 1.54) is 12.0 Å². The van der Waals surface area contributed by atoms with Crippen molar-refractivity contribution in [3.05, 3.63) is 64.7 Å². The molecule has 1 atom stereocenters. The van der Waals surface area contributed by atoms with E-state index in [1.807, 2.05) is 32.9 Å². The number of nitrogens with zero attached hydrogens (tertiary/aromatic N) is 1. The van der Waals surface area contributed by atoms with Crippen LogP contribution in [0.15, 0.2) is 48.0 Å². The zero-order valence-electron chi connectivity index (χ0n) is 19.8. The Bertz CT molecular complexity index is 1060. The number of amides is 1. The standard InChI is InChI=1S/C26H31NO6/c1-16(2)33-20-12-11-18(15-17(20)3)24(28)22-23(19-9-6-7-10-21(19)32-5)27(13-8-14-31-4)26(30)25(22)29/h6-7,9-12,15-16,23,28H,8,13-14H2,1-5H3/b24-22+. The van der Waals surface area contributed by atoms with Gasteiger partial charge in [-0.2, -0.15) is 0 Å². The molecule has 33 heavy (non-hydrogen) atoms. The quantitative estimate of drug-likeness (QED) is 0.264. The minimum absolute atomic E-state index is 0.00566. The predicted molar refractivity (Wildman–Crippen MR) is 125 cm³/mol. The van der Waals surface area contributed by atoms with E-state index in [9.17, 15) is 14.7 Å². The van der Waals surface area contributed by atoms with Crippen molar-refractivity contribution in [2.75, 3.05) is 27.4 Å². The number of rotatable bonds is 9. The van der Waals surface area contributed by atoms with Crippen LogP contribution in [0.3, 0.4) is 0 Å². The van der Waals surface area contributed by atoms with Crippen molar-refractivity contribution < 1.29 is 28.9 Å². The Morgan fingerprint density at radius 1 is 1.09 bits per heavy atom. The van der Waals surface area contributed by atoms with Crippen LogP contribution in [-0.4, -0.2) is 55.2 Å². The van der Waals surface area contributed by atoms with Crippen LogP contribution in [-0.2, 0) is 14.3 Å². The molecular formula is C26H31NO6. The largest absolute Gasteiger partial charge is 0.507 e. The van der Waals surface area contributed by atoms with Crippen LogP contribution in [0.5, 0.6) is 11.5 Å². The summed E-state index contributed by atoms with van der Waals surface area (Å²) in [7, 11) is 3.12. The lowest BCUT2D eigenvalue weighted by Gasteiger charge is -2.26. The number of carbonyl (C=O) groups is 2. The van der Waals surface area contributed by atoms with E-state index in [4.69, 9.17) is 14.2 Å². The normalized spacial score (nSPS) is 17.6. The number of likely N-dealkylation sites (tertiary alicyclic amines) is 1. The average Bonchev–Trinajstić information content (AvgIpc) is 3.04. The smallest absolute Gasteiger partial charge is 0.295 e. The maximum absolute atomic E-state index is 13.1. The number of aliphatic hydroxyl groups is 1. The molecule has 1 aliphatic heterocycles. The average molecular weight is 454 g/mol. The molecule has 0 saturated carbocycles. The molecule has 3 rings (SSSR count). The summed E-state index contributed by atoms with van der Waals surface area (Å²) in [6, 6.07) is 11.6. The van der Waals surface area contributed by atoms with Crippen LogP contribution in [0, 0.1) is 6.92 Å². The van der Waals surface area contributed by atoms with E-state index < -0.39 is 17.7 Å². The maximum atomic E-state index is 13.1. The molecule has 1 fully saturated rings. The Labute approximate surface area is 194 Å². The molecule has 0 radical (unpaired) electrons. The Balaban J connectivity index is 2.14. The van der Waals surface area contributed by atoms with Gasteiger partial charge in [0.1, 0.15) is 17.3 Å². The van der Waals surface area contributed by atoms with Gasteiger partial charge in [0.15, 0.2) is 0 Å². The first-order valence-corrected chi connectivity index (χ1v) is 11.0. The number of hydrogen-bond donors (Lipinski definition) is 1. The second kappa shape index (κ2) is 10.5. The summed E-state index contributed by atoms with van der Waals surface area (Å²) in [6.45, 7) is 6.49. The van der Waals surface area contributed by atoms with Crippen molar-refractivity contribution in [3.8, 4) is 11.5 Å². The lowest BCUT2D eigenvalue weighted by atomic mass is 9.94. The molecule has 1 N–H and O–H groups in total. The molecule has 2 aromatic rings. The molecule has 176 valence electrons. The third-order valence-corrected chi connectivity index (χ3v) is 5.53. The lowest BCUT2D eigenvalue weighted by Crippen LogP contribution is -2.31. The fourth-order valence-electron chi connectivity index (χ4n) is 4.04. The number of ether oxygens (including phenoxy) is 3. The first-order valence-electron chi connectivity index (χ1n) is 11.0. The molecule has 1 heterocycles. The zero-order valence-corrected chi connectivity index (χ0v) is 19.8. The van der Waals surface area contributed by atoms with Gasteiger partial charge < -0.3 is 24.2 Å². The SMILES string of the molecule is COCCCN1C(=O)C(=O)/C(=C(/O)c2ccc(OC(C)C)c(C)c2)C1c1ccccc1OC. The summed E-state index contributed by atoms with van der Waals surface area (Å²) in [5.41, 5.74) is 1.93. The fraction of sp³-hybridized carbons (Fsp3) is 0.385. The van der Waals surface area contributed by atoms with Gasteiger partial charge in [-0.05, 0) is 57.0 Å². The number of benzene rings is 2. The number of methoxy groups -OCH3 is 2. The third-order valence-electron chi connectivity index (χ3n) is 5.53. The van der Waals surface area contributed by atoms with E-state index in [-0.39, 0.29) is 17.4 Å². The predicted octanol–water partition coefficient (Wildman–Crippen LogP) is 4.25.